The molecule has 0 atom stereocenters. The molecule has 0 fully saturated rings. The second-order valence-electron chi connectivity index (χ2n) is 7.77. The van der Waals surface area contributed by atoms with E-state index in [2.05, 4.69) is 4.99 Å². The number of nitrogens with zero attached hydrogens (tertiary/aromatic N) is 2. The standard InChI is InChI=1S/C24H19N3O6S2/c1-32-11-10-27-19-8-7-15(35(25,30)31)12-21(19)34-24(27)26-22(28)18-13-17-16-5-3-2-4-14(16)6-9-20(17)33-23(18)29/h2-9,12-13H,10-11H2,1H3,(H2,25,30,31). The van der Waals surface area contributed by atoms with Crippen molar-refractivity contribution in [3.05, 3.63) is 81.4 Å². The highest BCUT2D eigenvalue weighted by atomic mass is 32.2. The van der Waals surface area contributed by atoms with Crippen molar-refractivity contribution >= 4 is 59.2 Å². The summed E-state index contributed by atoms with van der Waals surface area (Å²) < 4.78 is 36.4. The molecule has 0 saturated heterocycles. The lowest BCUT2D eigenvalue weighted by atomic mass is 10.0. The second-order valence-corrected chi connectivity index (χ2v) is 10.3. The number of benzene rings is 3. The molecule has 1 amide bonds. The van der Waals surface area contributed by atoms with Crippen LogP contribution in [0.15, 0.2) is 79.8 Å². The van der Waals surface area contributed by atoms with Gasteiger partial charge in [-0.2, -0.15) is 4.99 Å². The Morgan fingerprint density at radius 2 is 1.91 bits per heavy atom. The Morgan fingerprint density at radius 3 is 2.69 bits per heavy atom. The number of fused-ring (bicyclic) bond motifs is 4. The molecule has 9 nitrogen and oxygen atoms in total. The maximum atomic E-state index is 13.2. The van der Waals surface area contributed by atoms with Crippen LogP contribution >= 0.6 is 11.3 Å². The molecule has 3 aromatic carbocycles. The second kappa shape index (κ2) is 8.86. The molecular formula is C24H19N3O6S2. The van der Waals surface area contributed by atoms with E-state index in [0.717, 1.165) is 22.1 Å². The molecule has 2 aromatic heterocycles. The third-order valence-electron chi connectivity index (χ3n) is 5.57. The van der Waals surface area contributed by atoms with Crippen molar-refractivity contribution in [2.45, 2.75) is 11.4 Å². The Balaban J connectivity index is 1.69. The summed E-state index contributed by atoms with van der Waals surface area (Å²) in [5, 5.41) is 7.67. The van der Waals surface area contributed by atoms with Gasteiger partial charge in [-0.15, -0.1) is 0 Å². The number of carbonyl (C=O) groups excluding carboxylic acids is 1. The van der Waals surface area contributed by atoms with Crippen molar-refractivity contribution in [3.8, 4) is 0 Å². The Hall–Kier alpha value is -3.64. The third-order valence-corrected chi connectivity index (χ3v) is 7.52. The van der Waals surface area contributed by atoms with Crippen LogP contribution in [0.2, 0.25) is 0 Å². The topological polar surface area (TPSA) is 134 Å². The summed E-state index contributed by atoms with van der Waals surface area (Å²) in [6.07, 6.45) is 0. The third kappa shape index (κ3) is 4.30. The summed E-state index contributed by atoms with van der Waals surface area (Å²) in [5.41, 5.74) is 0.0396. The van der Waals surface area contributed by atoms with E-state index in [1.165, 1.54) is 18.2 Å². The smallest absolute Gasteiger partial charge is 0.349 e. The molecule has 0 aliphatic rings. The van der Waals surface area contributed by atoms with E-state index in [1.807, 2.05) is 30.3 Å². The van der Waals surface area contributed by atoms with Crippen LogP contribution in [0.1, 0.15) is 10.4 Å². The van der Waals surface area contributed by atoms with E-state index in [9.17, 15) is 18.0 Å². The molecule has 0 spiro atoms. The number of methoxy groups -OCH3 is 1. The van der Waals surface area contributed by atoms with Gasteiger partial charge in [0, 0.05) is 19.0 Å². The molecule has 2 N–H and O–H groups in total. The minimum atomic E-state index is -3.90. The van der Waals surface area contributed by atoms with Gasteiger partial charge in [0.15, 0.2) is 4.80 Å². The van der Waals surface area contributed by atoms with Crippen molar-refractivity contribution in [3.63, 3.8) is 0 Å². The molecule has 2 heterocycles. The van der Waals surface area contributed by atoms with Crippen molar-refractivity contribution in [2.24, 2.45) is 10.1 Å². The molecule has 11 heteroatoms. The van der Waals surface area contributed by atoms with Crippen LogP contribution in [0.4, 0.5) is 0 Å². The minimum absolute atomic E-state index is 0.0509. The number of nitrogens with two attached hydrogens (primary N) is 1. The largest absolute Gasteiger partial charge is 0.422 e. The molecule has 5 rings (SSSR count). The molecule has 0 radical (unpaired) electrons. The number of aromatic nitrogens is 1. The van der Waals surface area contributed by atoms with Gasteiger partial charge in [0.2, 0.25) is 10.0 Å². The van der Waals surface area contributed by atoms with E-state index in [1.54, 1.807) is 23.8 Å². The van der Waals surface area contributed by atoms with Gasteiger partial charge in [0.25, 0.3) is 5.91 Å². The first-order chi connectivity index (χ1) is 16.8. The quantitative estimate of drug-likeness (QED) is 0.286. The first-order valence-corrected chi connectivity index (χ1v) is 12.8. The number of hydrogen-bond acceptors (Lipinski definition) is 7. The maximum Gasteiger partial charge on any atom is 0.349 e. The Morgan fingerprint density at radius 1 is 1.11 bits per heavy atom. The summed E-state index contributed by atoms with van der Waals surface area (Å²) in [6.45, 7) is 0.683. The molecular weight excluding hydrogens is 490 g/mol. The lowest BCUT2D eigenvalue weighted by Crippen LogP contribution is -2.21. The number of hydrogen-bond donors (Lipinski definition) is 1. The van der Waals surface area contributed by atoms with Gasteiger partial charge in [0.05, 0.1) is 21.7 Å². The maximum absolute atomic E-state index is 13.2. The van der Waals surface area contributed by atoms with Crippen molar-refractivity contribution in [2.75, 3.05) is 13.7 Å². The first kappa shape index (κ1) is 23.1. The van der Waals surface area contributed by atoms with E-state index < -0.39 is 21.6 Å². The van der Waals surface area contributed by atoms with E-state index in [0.29, 0.717) is 34.3 Å². The molecule has 178 valence electrons. The molecule has 35 heavy (non-hydrogen) atoms. The normalized spacial score (nSPS) is 12.7. The Bertz CT molecular complexity index is 1870. The summed E-state index contributed by atoms with van der Waals surface area (Å²) in [6, 6.07) is 17.0. The van der Waals surface area contributed by atoms with E-state index >= 15 is 0 Å². The Kier molecular flexibility index (Phi) is 5.85. The number of carbonyl (C=O) groups is 1. The van der Waals surface area contributed by atoms with Crippen LogP contribution < -0.4 is 15.6 Å². The fourth-order valence-corrected chi connectivity index (χ4v) is 5.59. The van der Waals surface area contributed by atoms with Gasteiger partial charge < -0.3 is 13.7 Å². The highest BCUT2D eigenvalue weighted by Crippen LogP contribution is 2.25. The summed E-state index contributed by atoms with van der Waals surface area (Å²) >= 11 is 1.11. The zero-order valence-electron chi connectivity index (χ0n) is 18.4. The van der Waals surface area contributed by atoms with Crippen LogP contribution in [0.3, 0.4) is 0 Å². The number of thiazole rings is 1. The predicted molar refractivity (Wildman–Crippen MR) is 133 cm³/mol. The average Bonchev–Trinajstić information content (AvgIpc) is 3.17. The predicted octanol–water partition coefficient (Wildman–Crippen LogP) is 3.00. The minimum Gasteiger partial charge on any atom is -0.422 e. The zero-order chi connectivity index (χ0) is 24.7. The van der Waals surface area contributed by atoms with E-state index in [-0.39, 0.29) is 15.3 Å². The van der Waals surface area contributed by atoms with Gasteiger partial charge in [0.1, 0.15) is 11.1 Å². The highest BCUT2D eigenvalue weighted by Gasteiger charge is 2.17. The molecule has 0 bridgehead atoms. The van der Waals surface area contributed by atoms with Gasteiger partial charge >= 0.3 is 5.63 Å². The number of sulfonamides is 1. The van der Waals surface area contributed by atoms with Gasteiger partial charge in [-0.05, 0) is 41.1 Å². The van der Waals surface area contributed by atoms with Gasteiger partial charge in [-0.25, -0.2) is 18.4 Å². The van der Waals surface area contributed by atoms with Crippen molar-refractivity contribution in [1.82, 2.24) is 4.57 Å². The molecule has 0 aliphatic heterocycles. The van der Waals surface area contributed by atoms with Crippen LogP contribution in [0.25, 0.3) is 32.0 Å². The summed E-state index contributed by atoms with van der Waals surface area (Å²) in [7, 11) is -2.36. The molecule has 5 aromatic rings. The highest BCUT2D eigenvalue weighted by molar-refractivity contribution is 7.89. The molecule has 0 saturated carbocycles. The Labute approximate surface area is 202 Å². The monoisotopic (exact) mass is 509 g/mol. The SMILES string of the molecule is COCCn1c(=NC(=O)c2cc3c(ccc4ccccc43)oc2=O)sc2cc(S(N)(=O)=O)ccc21. The zero-order valence-corrected chi connectivity index (χ0v) is 20.1. The van der Waals surface area contributed by atoms with Crippen LogP contribution in [-0.4, -0.2) is 32.6 Å². The van der Waals surface area contributed by atoms with E-state index in [4.69, 9.17) is 14.3 Å². The fourth-order valence-electron chi connectivity index (χ4n) is 3.88. The lowest BCUT2D eigenvalue weighted by molar-refractivity contribution is 0.0994. The summed E-state index contributed by atoms with van der Waals surface area (Å²) in [5.74, 6) is -0.766. The van der Waals surface area contributed by atoms with Gasteiger partial charge in [-0.1, -0.05) is 41.7 Å². The molecule has 0 unspecified atom stereocenters. The first-order valence-electron chi connectivity index (χ1n) is 10.5. The van der Waals surface area contributed by atoms with Gasteiger partial charge in [-0.3, -0.25) is 4.79 Å². The molecule has 0 aliphatic carbocycles. The number of ether oxygens (including phenoxy) is 1. The lowest BCUT2D eigenvalue weighted by Gasteiger charge is -2.05. The van der Waals surface area contributed by atoms with Crippen LogP contribution in [0.5, 0.6) is 0 Å². The van der Waals surface area contributed by atoms with Crippen molar-refractivity contribution < 1.29 is 22.4 Å². The van der Waals surface area contributed by atoms with Crippen molar-refractivity contribution in [1.29, 1.82) is 0 Å². The fraction of sp³-hybridized carbons (Fsp3) is 0.125. The van der Waals surface area contributed by atoms with Crippen LogP contribution in [0, 0.1) is 0 Å². The van der Waals surface area contributed by atoms with Crippen LogP contribution in [-0.2, 0) is 21.3 Å². The average molecular weight is 510 g/mol. The number of rotatable bonds is 5. The number of primary sulfonamides is 1. The number of amides is 1. The summed E-state index contributed by atoms with van der Waals surface area (Å²) in [4.78, 5) is 30.2.